The second-order valence-corrected chi connectivity index (χ2v) is 3.35. The van der Waals surface area contributed by atoms with Crippen molar-refractivity contribution in [2.75, 3.05) is 0 Å². The van der Waals surface area contributed by atoms with Crippen molar-refractivity contribution in [3.8, 4) is 0 Å². The second kappa shape index (κ2) is 5.14. The van der Waals surface area contributed by atoms with Crippen LogP contribution < -0.4 is 0 Å². The van der Waals surface area contributed by atoms with E-state index in [0.717, 1.165) is 12.5 Å². The summed E-state index contributed by atoms with van der Waals surface area (Å²) in [6, 6.07) is 2.18. The molecule has 0 saturated heterocycles. The summed E-state index contributed by atoms with van der Waals surface area (Å²) in [5.41, 5.74) is -0.702. The molecular formula is C11H12F4. The van der Waals surface area contributed by atoms with E-state index >= 15 is 0 Å². The molecule has 0 unspecified atom stereocenters. The smallest absolute Gasteiger partial charge is 0.205 e. The highest BCUT2D eigenvalue weighted by Crippen LogP contribution is 2.26. The number of aryl methyl sites for hydroxylation is 1. The summed E-state index contributed by atoms with van der Waals surface area (Å²) in [5, 5.41) is 0. The Labute approximate surface area is 85.9 Å². The zero-order chi connectivity index (χ0) is 11.4. The van der Waals surface area contributed by atoms with Crippen LogP contribution in [-0.4, -0.2) is 0 Å². The largest absolute Gasteiger partial charge is 0.266 e. The van der Waals surface area contributed by atoms with Crippen molar-refractivity contribution in [1.82, 2.24) is 0 Å². The molecule has 0 nitrogen and oxygen atoms in total. The SMILES string of the molecule is CCCCc1ccc(C(F)F)c(F)c1F. The molecule has 0 amide bonds. The Kier molecular flexibility index (Phi) is 4.12. The van der Waals surface area contributed by atoms with E-state index in [0.29, 0.717) is 12.8 Å². The maximum absolute atomic E-state index is 13.2. The van der Waals surface area contributed by atoms with Crippen LogP contribution in [0.2, 0.25) is 0 Å². The first kappa shape index (κ1) is 12.0. The molecular weight excluding hydrogens is 208 g/mol. The van der Waals surface area contributed by atoms with Crippen LogP contribution in [0.3, 0.4) is 0 Å². The first-order valence-corrected chi connectivity index (χ1v) is 4.82. The molecule has 1 aromatic carbocycles. The molecule has 4 heteroatoms. The van der Waals surface area contributed by atoms with E-state index in [4.69, 9.17) is 0 Å². The monoisotopic (exact) mass is 220 g/mol. The number of rotatable bonds is 4. The van der Waals surface area contributed by atoms with Crippen molar-refractivity contribution < 1.29 is 17.6 Å². The van der Waals surface area contributed by atoms with Gasteiger partial charge in [-0.3, -0.25) is 0 Å². The lowest BCUT2D eigenvalue weighted by Crippen LogP contribution is -2.00. The van der Waals surface area contributed by atoms with Gasteiger partial charge in [-0.2, -0.15) is 0 Å². The van der Waals surface area contributed by atoms with Crippen molar-refractivity contribution in [3.63, 3.8) is 0 Å². The molecule has 1 aromatic rings. The van der Waals surface area contributed by atoms with Gasteiger partial charge in [-0.25, -0.2) is 17.6 Å². The molecule has 0 fully saturated rings. The topological polar surface area (TPSA) is 0 Å². The van der Waals surface area contributed by atoms with Gasteiger partial charge in [0, 0.05) is 0 Å². The number of halogens is 4. The molecule has 84 valence electrons. The lowest BCUT2D eigenvalue weighted by Gasteiger charge is -2.07. The molecule has 15 heavy (non-hydrogen) atoms. The Morgan fingerprint density at radius 2 is 1.80 bits per heavy atom. The summed E-state index contributed by atoms with van der Waals surface area (Å²) in [4.78, 5) is 0. The third-order valence-electron chi connectivity index (χ3n) is 2.23. The van der Waals surface area contributed by atoms with Crippen LogP contribution in [0.1, 0.15) is 37.3 Å². The Balaban J connectivity index is 2.99. The van der Waals surface area contributed by atoms with Crippen molar-refractivity contribution >= 4 is 0 Å². The van der Waals surface area contributed by atoms with Gasteiger partial charge in [0.15, 0.2) is 11.6 Å². The average Bonchev–Trinajstić information content (AvgIpc) is 2.20. The molecule has 0 spiro atoms. The van der Waals surface area contributed by atoms with E-state index in [1.165, 1.54) is 6.07 Å². The van der Waals surface area contributed by atoms with E-state index in [2.05, 4.69) is 0 Å². The van der Waals surface area contributed by atoms with E-state index in [1.54, 1.807) is 0 Å². The molecule has 0 heterocycles. The first-order chi connectivity index (χ1) is 7.07. The van der Waals surface area contributed by atoms with Gasteiger partial charge in [0.2, 0.25) is 0 Å². The molecule has 0 radical (unpaired) electrons. The van der Waals surface area contributed by atoms with Crippen LogP contribution in [0.25, 0.3) is 0 Å². The van der Waals surface area contributed by atoms with Crippen molar-refractivity contribution in [2.24, 2.45) is 0 Å². The van der Waals surface area contributed by atoms with Gasteiger partial charge in [0.1, 0.15) is 0 Å². The van der Waals surface area contributed by atoms with E-state index in [9.17, 15) is 17.6 Å². The van der Waals surface area contributed by atoms with Gasteiger partial charge in [-0.15, -0.1) is 0 Å². The number of unbranched alkanes of at least 4 members (excludes halogenated alkanes) is 1. The molecule has 0 aromatic heterocycles. The fraction of sp³-hybridized carbons (Fsp3) is 0.455. The first-order valence-electron chi connectivity index (χ1n) is 4.82. The number of benzene rings is 1. The van der Waals surface area contributed by atoms with Gasteiger partial charge >= 0.3 is 0 Å². The van der Waals surface area contributed by atoms with Crippen LogP contribution in [-0.2, 0) is 6.42 Å². The average molecular weight is 220 g/mol. The number of hydrogen-bond acceptors (Lipinski definition) is 0. The second-order valence-electron chi connectivity index (χ2n) is 3.35. The lowest BCUT2D eigenvalue weighted by molar-refractivity contribution is 0.145. The highest BCUT2D eigenvalue weighted by Gasteiger charge is 2.18. The maximum atomic E-state index is 13.2. The minimum atomic E-state index is -2.97. The Hall–Kier alpha value is -1.06. The molecule has 0 aliphatic rings. The van der Waals surface area contributed by atoms with Crippen molar-refractivity contribution in [3.05, 3.63) is 34.9 Å². The summed E-state index contributed by atoms with van der Waals surface area (Å²) >= 11 is 0. The third kappa shape index (κ3) is 2.70. The number of hydrogen-bond donors (Lipinski definition) is 0. The van der Waals surface area contributed by atoms with Gasteiger partial charge in [0.25, 0.3) is 6.43 Å². The maximum Gasteiger partial charge on any atom is 0.266 e. The minimum absolute atomic E-state index is 0.166. The molecule has 1 rings (SSSR count). The standard InChI is InChI=1S/C11H12F4/c1-2-3-4-7-5-6-8(11(14)15)10(13)9(7)12/h5-6,11H,2-4H2,1H3. The zero-order valence-electron chi connectivity index (χ0n) is 8.37. The summed E-state index contributed by atoms with van der Waals surface area (Å²) < 4.78 is 50.7. The summed E-state index contributed by atoms with van der Waals surface area (Å²) in [7, 11) is 0. The third-order valence-corrected chi connectivity index (χ3v) is 2.23. The zero-order valence-corrected chi connectivity index (χ0v) is 8.37. The molecule has 0 aliphatic heterocycles. The Bertz CT molecular complexity index is 334. The van der Waals surface area contributed by atoms with Crippen LogP contribution in [0, 0.1) is 11.6 Å². The predicted octanol–water partition coefficient (Wildman–Crippen LogP) is 4.25. The Morgan fingerprint density at radius 1 is 1.13 bits per heavy atom. The normalized spacial score (nSPS) is 11.1. The highest BCUT2D eigenvalue weighted by molar-refractivity contribution is 5.27. The van der Waals surface area contributed by atoms with Crippen molar-refractivity contribution in [2.45, 2.75) is 32.6 Å². The molecule has 0 saturated carbocycles. The van der Waals surface area contributed by atoms with Crippen LogP contribution in [0.15, 0.2) is 12.1 Å². The van der Waals surface area contributed by atoms with Crippen LogP contribution >= 0.6 is 0 Å². The van der Waals surface area contributed by atoms with Gasteiger partial charge in [0.05, 0.1) is 5.56 Å². The predicted molar refractivity (Wildman–Crippen MR) is 49.9 cm³/mol. The minimum Gasteiger partial charge on any atom is -0.205 e. The summed E-state index contributed by atoms with van der Waals surface area (Å²) in [5.74, 6) is -2.56. The summed E-state index contributed by atoms with van der Waals surface area (Å²) in [6.45, 7) is 1.92. The molecule has 0 N–H and O–H groups in total. The fourth-order valence-corrected chi connectivity index (χ4v) is 1.33. The Morgan fingerprint density at radius 3 is 2.33 bits per heavy atom. The van der Waals surface area contributed by atoms with E-state index < -0.39 is 23.6 Å². The van der Waals surface area contributed by atoms with Crippen LogP contribution in [0.4, 0.5) is 17.6 Å². The van der Waals surface area contributed by atoms with Gasteiger partial charge in [-0.05, 0) is 24.5 Å². The molecule has 0 atom stereocenters. The molecule has 0 bridgehead atoms. The van der Waals surface area contributed by atoms with Gasteiger partial charge < -0.3 is 0 Å². The van der Waals surface area contributed by atoms with Crippen molar-refractivity contribution in [1.29, 1.82) is 0 Å². The quantitative estimate of drug-likeness (QED) is 0.665. The highest BCUT2D eigenvalue weighted by atomic mass is 19.3. The fourth-order valence-electron chi connectivity index (χ4n) is 1.33. The van der Waals surface area contributed by atoms with E-state index in [-0.39, 0.29) is 5.56 Å². The summed E-state index contributed by atoms with van der Waals surface area (Å²) in [6.07, 6.45) is -1.04. The van der Waals surface area contributed by atoms with Gasteiger partial charge in [-0.1, -0.05) is 19.4 Å². The molecule has 0 aliphatic carbocycles. The van der Waals surface area contributed by atoms with E-state index in [1.807, 2.05) is 6.92 Å². The number of alkyl halides is 2. The van der Waals surface area contributed by atoms with Crippen LogP contribution in [0.5, 0.6) is 0 Å². The lowest BCUT2D eigenvalue weighted by atomic mass is 10.0.